The summed E-state index contributed by atoms with van der Waals surface area (Å²) in [5.41, 5.74) is 3.56. The maximum atomic E-state index is 13.6. The fourth-order valence-corrected chi connectivity index (χ4v) is 5.13. The summed E-state index contributed by atoms with van der Waals surface area (Å²) in [6.07, 6.45) is -0.162. The number of aliphatic carboxylic acids is 1. The van der Waals surface area contributed by atoms with Crippen molar-refractivity contribution in [2.45, 2.75) is 64.8 Å². The van der Waals surface area contributed by atoms with Gasteiger partial charge >= 0.3 is 5.97 Å². The monoisotopic (exact) mass is 555 g/mol. The second kappa shape index (κ2) is 10.9. The molecule has 7 nitrogen and oxygen atoms in total. The Kier molecular flexibility index (Phi) is 7.85. The van der Waals surface area contributed by atoms with E-state index in [1.165, 1.54) is 4.90 Å². The van der Waals surface area contributed by atoms with Crippen LogP contribution in [0.5, 0.6) is 5.75 Å². The van der Waals surface area contributed by atoms with Gasteiger partial charge in [0.05, 0.1) is 25.1 Å². The van der Waals surface area contributed by atoms with Crippen LogP contribution in [0.25, 0.3) is 5.76 Å². The second-order valence-electron chi connectivity index (χ2n) is 12.4. The first-order valence-corrected chi connectivity index (χ1v) is 13.5. The number of aliphatic hydroxyl groups excluding tert-OH is 1. The number of carbonyl (C=O) groups is 3. The maximum absolute atomic E-state index is 13.6. The summed E-state index contributed by atoms with van der Waals surface area (Å²) < 4.78 is 5.54. The molecule has 1 aliphatic heterocycles. The van der Waals surface area contributed by atoms with Crippen molar-refractivity contribution in [1.82, 2.24) is 0 Å². The van der Waals surface area contributed by atoms with E-state index in [9.17, 15) is 19.5 Å². The number of methoxy groups -OCH3 is 1. The average molecular weight is 556 g/mol. The van der Waals surface area contributed by atoms with Crippen LogP contribution in [0.4, 0.5) is 5.69 Å². The van der Waals surface area contributed by atoms with E-state index in [1.807, 2.05) is 45.0 Å². The van der Waals surface area contributed by atoms with Gasteiger partial charge in [-0.1, -0.05) is 77.9 Å². The number of amides is 1. The molecule has 1 fully saturated rings. The molecule has 1 heterocycles. The maximum Gasteiger partial charge on any atom is 0.307 e. The zero-order chi connectivity index (χ0) is 30.3. The number of anilines is 1. The van der Waals surface area contributed by atoms with Crippen molar-refractivity contribution >= 4 is 29.1 Å². The third kappa shape index (κ3) is 5.89. The van der Waals surface area contributed by atoms with Gasteiger partial charge in [-0.25, -0.2) is 0 Å². The number of Topliss-reactive ketones (excluding diaryl/α,β-unsaturated/α-hetero) is 1. The standard InChI is InChI=1S/C34H37NO6/c1-33(2,3)23-13-10-21(11-14-23)29-28(30(38)22-12-17-26(41-7)25(19-22)34(4,5)6)31(39)32(40)35(29)24-15-8-20(9-16-24)18-27(36)37/h8-17,19,29,38H,18H2,1-7H3,(H,36,37)/b30-28-. The van der Waals surface area contributed by atoms with Crippen molar-refractivity contribution < 1.29 is 29.3 Å². The van der Waals surface area contributed by atoms with E-state index in [1.54, 1.807) is 49.6 Å². The first-order valence-electron chi connectivity index (χ1n) is 13.5. The third-order valence-corrected chi connectivity index (χ3v) is 7.39. The minimum Gasteiger partial charge on any atom is -0.507 e. The Bertz CT molecular complexity index is 1520. The Labute approximate surface area is 241 Å². The lowest BCUT2D eigenvalue weighted by atomic mass is 9.84. The number of hydrogen-bond donors (Lipinski definition) is 2. The molecule has 2 N–H and O–H groups in total. The first kappa shape index (κ1) is 29.6. The highest BCUT2D eigenvalue weighted by Crippen LogP contribution is 2.43. The summed E-state index contributed by atoms with van der Waals surface area (Å²) in [6, 6.07) is 18.5. The number of ketones is 1. The third-order valence-electron chi connectivity index (χ3n) is 7.39. The first-order chi connectivity index (χ1) is 19.1. The van der Waals surface area contributed by atoms with Gasteiger partial charge in [0.15, 0.2) is 0 Å². The molecule has 1 amide bonds. The molecule has 0 bridgehead atoms. The molecule has 7 heteroatoms. The molecule has 214 valence electrons. The van der Waals surface area contributed by atoms with Gasteiger partial charge in [-0.3, -0.25) is 19.3 Å². The molecular weight excluding hydrogens is 518 g/mol. The Balaban J connectivity index is 1.92. The van der Waals surface area contributed by atoms with Crippen molar-refractivity contribution in [2.75, 3.05) is 12.0 Å². The number of benzene rings is 3. The van der Waals surface area contributed by atoms with Crippen LogP contribution in [0.2, 0.25) is 0 Å². The van der Waals surface area contributed by atoms with Gasteiger partial charge in [0.2, 0.25) is 0 Å². The molecule has 0 aromatic heterocycles. The Morgan fingerprint density at radius 2 is 1.46 bits per heavy atom. The number of ether oxygens (including phenoxy) is 1. The largest absolute Gasteiger partial charge is 0.507 e. The van der Waals surface area contributed by atoms with E-state index < -0.39 is 23.7 Å². The second-order valence-corrected chi connectivity index (χ2v) is 12.4. The topological polar surface area (TPSA) is 104 Å². The van der Waals surface area contributed by atoms with Crippen LogP contribution < -0.4 is 9.64 Å². The lowest BCUT2D eigenvalue weighted by Gasteiger charge is -2.27. The highest BCUT2D eigenvalue weighted by atomic mass is 16.5. The van der Waals surface area contributed by atoms with Crippen LogP contribution in [-0.2, 0) is 31.6 Å². The molecule has 3 aromatic rings. The van der Waals surface area contributed by atoms with E-state index in [-0.39, 0.29) is 28.6 Å². The van der Waals surface area contributed by atoms with Crippen LogP contribution in [0.3, 0.4) is 0 Å². The Hall–Kier alpha value is -4.39. The minimum atomic E-state index is -0.966. The average Bonchev–Trinajstić information content (AvgIpc) is 3.17. The zero-order valence-electron chi connectivity index (χ0n) is 24.6. The fourth-order valence-electron chi connectivity index (χ4n) is 5.13. The molecule has 0 spiro atoms. The molecular formula is C34H37NO6. The number of hydrogen-bond acceptors (Lipinski definition) is 5. The predicted molar refractivity (Wildman–Crippen MR) is 159 cm³/mol. The van der Waals surface area contributed by atoms with E-state index in [0.717, 1.165) is 11.1 Å². The Morgan fingerprint density at radius 1 is 0.854 bits per heavy atom. The fraction of sp³-hybridized carbons (Fsp3) is 0.324. The summed E-state index contributed by atoms with van der Waals surface area (Å²) in [5.74, 6) is -2.15. The smallest absolute Gasteiger partial charge is 0.307 e. The van der Waals surface area contributed by atoms with E-state index in [2.05, 4.69) is 20.8 Å². The number of carboxylic acid groups (broad SMARTS) is 1. The predicted octanol–water partition coefficient (Wildman–Crippen LogP) is 6.54. The number of nitrogens with zero attached hydrogens (tertiary/aromatic N) is 1. The van der Waals surface area contributed by atoms with Crippen LogP contribution in [0.1, 0.15) is 75.4 Å². The van der Waals surface area contributed by atoms with E-state index in [4.69, 9.17) is 9.84 Å². The summed E-state index contributed by atoms with van der Waals surface area (Å²) in [5, 5.41) is 20.8. The molecule has 1 unspecified atom stereocenters. The molecule has 0 saturated carbocycles. The van der Waals surface area contributed by atoms with Crippen molar-refractivity contribution in [3.63, 3.8) is 0 Å². The molecule has 4 rings (SSSR count). The number of carbonyl (C=O) groups excluding carboxylic acids is 2. The van der Waals surface area contributed by atoms with Crippen LogP contribution >= 0.6 is 0 Å². The molecule has 0 radical (unpaired) electrons. The lowest BCUT2D eigenvalue weighted by Crippen LogP contribution is -2.29. The molecule has 1 saturated heterocycles. The normalized spacial score (nSPS) is 17.1. The highest BCUT2D eigenvalue weighted by Gasteiger charge is 2.47. The SMILES string of the molecule is COc1ccc(/C(O)=C2/C(=O)C(=O)N(c3ccc(CC(=O)O)cc3)C2c2ccc(C(C)(C)C)cc2)cc1C(C)(C)C. The summed E-state index contributed by atoms with van der Waals surface area (Å²) in [7, 11) is 1.58. The van der Waals surface area contributed by atoms with Crippen molar-refractivity contribution in [3.8, 4) is 5.75 Å². The number of rotatable bonds is 6. The van der Waals surface area contributed by atoms with Crippen molar-refractivity contribution in [2.24, 2.45) is 0 Å². The highest BCUT2D eigenvalue weighted by molar-refractivity contribution is 6.51. The molecule has 1 atom stereocenters. The van der Waals surface area contributed by atoms with Crippen LogP contribution in [0.15, 0.2) is 72.3 Å². The molecule has 3 aromatic carbocycles. The lowest BCUT2D eigenvalue weighted by molar-refractivity contribution is -0.136. The molecule has 1 aliphatic rings. The molecule has 41 heavy (non-hydrogen) atoms. The van der Waals surface area contributed by atoms with Gasteiger partial charge in [-0.2, -0.15) is 0 Å². The number of aliphatic hydroxyl groups is 1. The zero-order valence-corrected chi connectivity index (χ0v) is 24.6. The quantitative estimate of drug-likeness (QED) is 0.203. The van der Waals surface area contributed by atoms with E-state index >= 15 is 0 Å². The van der Waals surface area contributed by atoms with Gasteiger partial charge < -0.3 is 14.9 Å². The van der Waals surface area contributed by atoms with Crippen molar-refractivity contribution in [3.05, 3.63) is 100 Å². The van der Waals surface area contributed by atoms with Crippen molar-refractivity contribution in [1.29, 1.82) is 0 Å². The molecule has 0 aliphatic carbocycles. The number of carboxylic acids is 1. The van der Waals surface area contributed by atoms with Gasteiger partial charge in [0, 0.05) is 16.8 Å². The van der Waals surface area contributed by atoms with Gasteiger partial charge in [-0.15, -0.1) is 0 Å². The summed E-state index contributed by atoms with van der Waals surface area (Å²) in [4.78, 5) is 39.7. The summed E-state index contributed by atoms with van der Waals surface area (Å²) in [6.45, 7) is 12.4. The van der Waals surface area contributed by atoms with Crippen LogP contribution in [-0.4, -0.2) is 35.0 Å². The van der Waals surface area contributed by atoms with Gasteiger partial charge in [0.25, 0.3) is 11.7 Å². The van der Waals surface area contributed by atoms with Gasteiger partial charge in [-0.05, 0) is 57.9 Å². The van der Waals surface area contributed by atoms with E-state index in [0.29, 0.717) is 28.1 Å². The van der Waals surface area contributed by atoms with Gasteiger partial charge in [0.1, 0.15) is 11.5 Å². The minimum absolute atomic E-state index is 0.0156. The van der Waals surface area contributed by atoms with Crippen LogP contribution in [0, 0.1) is 0 Å². The summed E-state index contributed by atoms with van der Waals surface area (Å²) >= 11 is 0. The Morgan fingerprint density at radius 3 is 1.98 bits per heavy atom.